The molecule has 0 aliphatic rings. The van der Waals surface area contributed by atoms with Gasteiger partial charge in [-0.3, -0.25) is 19.4 Å². The molecular weight excluding hydrogens is 366 g/mol. The van der Waals surface area contributed by atoms with E-state index in [0.717, 1.165) is 5.56 Å². The molecule has 0 saturated heterocycles. The molecule has 6 nitrogen and oxygen atoms in total. The van der Waals surface area contributed by atoms with Crippen LogP contribution in [0.2, 0.25) is 0 Å². The van der Waals surface area contributed by atoms with Gasteiger partial charge in [-0.05, 0) is 23.8 Å². The van der Waals surface area contributed by atoms with Crippen LogP contribution >= 0.6 is 0 Å². The van der Waals surface area contributed by atoms with E-state index in [1.54, 1.807) is 60.9 Å². The number of pyridine rings is 1. The van der Waals surface area contributed by atoms with E-state index in [4.69, 9.17) is 0 Å². The fourth-order valence-corrected chi connectivity index (χ4v) is 2.80. The van der Waals surface area contributed by atoms with Crippen molar-refractivity contribution in [3.8, 4) is 0 Å². The van der Waals surface area contributed by atoms with Crippen LogP contribution in [-0.2, 0) is 11.3 Å². The van der Waals surface area contributed by atoms with Gasteiger partial charge in [0.1, 0.15) is 0 Å². The highest BCUT2D eigenvalue weighted by Crippen LogP contribution is 2.14. The number of hydrogen-bond donors (Lipinski definition) is 2. The first-order valence-corrected chi connectivity index (χ1v) is 9.28. The van der Waals surface area contributed by atoms with Gasteiger partial charge in [-0.2, -0.15) is 0 Å². The largest absolute Gasteiger partial charge is 0.352 e. The zero-order valence-electron chi connectivity index (χ0n) is 15.8. The van der Waals surface area contributed by atoms with Crippen LogP contribution in [0.4, 0.5) is 0 Å². The van der Waals surface area contributed by atoms with E-state index in [2.05, 4.69) is 15.6 Å². The Labute approximate surface area is 169 Å². The van der Waals surface area contributed by atoms with E-state index in [0.29, 0.717) is 23.2 Å². The number of benzene rings is 2. The summed E-state index contributed by atoms with van der Waals surface area (Å²) in [7, 11) is 0. The molecule has 0 aliphatic carbocycles. The van der Waals surface area contributed by atoms with Gasteiger partial charge in [-0.1, -0.05) is 48.5 Å². The fraction of sp³-hybridized carbons (Fsp3) is 0.130. The molecule has 0 radical (unpaired) electrons. The first-order valence-electron chi connectivity index (χ1n) is 9.28. The molecule has 29 heavy (non-hydrogen) atoms. The molecule has 3 rings (SSSR count). The minimum Gasteiger partial charge on any atom is -0.352 e. The van der Waals surface area contributed by atoms with Crippen LogP contribution in [0, 0.1) is 0 Å². The highest BCUT2D eigenvalue weighted by molar-refractivity contribution is 6.15. The number of carbonyl (C=O) groups is 3. The van der Waals surface area contributed by atoms with Crippen molar-refractivity contribution in [1.82, 2.24) is 15.6 Å². The Kier molecular flexibility index (Phi) is 6.84. The van der Waals surface area contributed by atoms with Gasteiger partial charge in [-0.25, -0.2) is 0 Å². The second-order valence-corrected chi connectivity index (χ2v) is 6.38. The molecule has 1 aromatic heterocycles. The summed E-state index contributed by atoms with van der Waals surface area (Å²) in [5.41, 5.74) is 2.09. The molecule has 146 valence electrons. The summed E-state index contributed by atoms with van der Waals surface area (Å²) in [5.74, 6) is -0.769. The number of nitrogens with zero attached hydrogens (tertiary/aromatic N) is 1. The number of ketones is 1. The molecule has 0 unspecified atom stereocenters. The Morgan fingerprint density at radius 2 is 1.41 bits per heavy atom. The predicted octanol–water partition coefficient (Wildman–Crippen LogP) is 2.75. The number of amides is 2. The molecule has 0 aliphatic heterocycles. The average Bonchev–Trinajstić information content (AvgIpc) is 2.78. The van der Waals surface area contributed by atoms with E-state index in [-0.39, 0.29) is 30.6 Å². The summed E-state index contributed by atoms with van der Waals surface area (Å²) < 4.78 is 0. The van der Waals surface area contributed by atoms with Crippen molar-refractivity contribution in [2.24, 2.45) is 0 Å². The molecule has 0 atom stereocenters. The molecule has 0 fully saturated rings. The van der Waals surface area contributed by atoms with Gasteiger partial charge in [0, 0.05) is 43.0 Å². The molecule has 0 spiro atoms. The van der Waals surface area contributed by atoms with Crippen molar-refractivity contribution in [2.75, 3.05) is 6.54 Å². The monoisotopic (exact) mass is 387 g/mol. The number of hydrogen-bond acceptors (Lipinski definition) is 4. The van der Waals surface area contributed by atoms with Crippen LogP contribution in [0.25, 0.3) is 0 Å². The van der Waals surface area contributed by atoms with Crippen LogP contribution in [-0.4, -0.2) is 29.1 Å². The second kappa shape index (κ2) is 9.94. The molecular formula is C23H21N3O3. The lowest BCUT2D eigenvalue weighted by molar-refractivity contribution is -0.121. The first kappa shape index (κ1) is 19.9. The van der Waals surface area contributed by atoms with Crippen LogP contribution in [0.1, 0.15) is 38.3 Å². The number of aromatic nitrogens is 1. The molecule has 1 heterocycles. The SMILES string of the molecule is O=C(CCNC(=O)c1ccccc1C(=O)c1ccccc1)NCc1ccncc1. The smallest absolute Gasteiger partial charge is 0.252 e. The Hall–Kier alpha value is -3.80. The lowest BCUT2D eigenvalue weighted by atomic mass is 9.98. The van der Waals surface area contributed by atoms with Gasteiger partial charge in [0.15, 0.2) is 5.78 Å². The third kappa shape index (κ3) is 5.59. The van der Waals surface area contributed by atoms with Crippen molar-refractivity contribution in [1.29, 1.82) is 0 Å². The van der Waals surface area contributed by atoms with Crippen molar-refractivity contribution < 1.29 is 14.4 Å². The second-order valence-electron chi connectivity index (χ2n) is 6.38. The summed E-state index contributed by atoms with van der Waals surface area (Å²) in [6, 6.07) is 19.1. The van der Waals surface area contributed by atoms with Crippen LogP contribution in [0.15, 0.2) is 79.1 Å². The van der Waals surface area contributed by atoms with E-state index in [9.17, 15) is 14.4 Å². The Balaban J connectivity index is 1.55. The van der Waals surface area contributed by atoms with Gasteiger partial charge in [0.25, 0.3) is 5.91 Å². The van der Waals surface area contributed by atoms with Gasteiger partial charge in [0.05, 0.1) is 5.56 Å². The summed E-state index contributed by atoms with van der Waals surface area (Å²) in [6.07, 6.45) is 3.47. The Bertz CT molecular complexity index is 989. The van der Waals surface area contributed by atoms with Crippen LogP contribution in [0.5, 0.6) is 0 Å². The molecule has 2 N–H and O–H groups in total. The Morgan fingerprint density at radius 1 is 0.759 bits per heavy atom. The molecule has 0 bridgehead atoms. The zero-order chi connectivity index (χ0) is 20.5. The van der Waals surface area contributed by atoms with Crippen LogP contribution < -0.4 is 10.6 Å². The van der Waals surface area contributed by atoms with Gasteiger partial charge in [-0.15, -0.1) is 0 Å². The number of carbonyl (C=O) groups excluding carboxylic acids is 3. The summed E-state index contributed by atoms with van der Waals surface area (Å²) in [5, 5.41) is 5.50. The lowest BCUT2D eigenvalue weighted by Crippen LogP contribution is -2.31. The van der Waals surface area contributed by atoms with Crippen LogP contribution in [0.3, 0.4) is 0 Å². The average molecular weight is 387 g/mol. The van der Waals surface area contributed by atoms with Crippen molar-refractivity contribution >= 4 is 17.6 Å². The molecule has 0 saturated carbocycles. The highest BCUT2D eigenvalue weighted by atomic mass is 16.2. The summed E-state index contributed by atoms with van der Waals surface area (Å²) >= 11 is 0. The van der Waals surface area contributed by atoms with Crippen molar-refractivity contribution in [3.63, 3.8) is 0 Å². The number of rotatable bonds is 8. The van der Waals surface area contributed by atoms with E-state index < -0.39 is 0 Å². The molecule has 3 aromatic rings. The summed E-state index contributed by atoms with van der Waals surface area (Å²) in [4.78, 5) is 41.2. The normalized spacial score (nSPS) is 10.2. The van der Waals surface area contributed by atoms with E-state index in [1.165, 1.54) is 0 Å². The Morgan fingerprint density at radius 3 is 2.14 bits per heavy atom. The standard InChI is InChI=1S/C23H21N3O3/c27-21(26-16-17-10-13-24-14-11-17)12-15-25-23(29)20-9-5-4-8-19(20)22(28)18-6-2-1-3-7-18/h1-11,13-14H,12,15-16H2,(H,25,29)(H,26,27). The predicted molar refractivity (Wildman–Crippen MR) is 109 cm³/mol. The third-order valence-electron chi connectivity index (χ3n) is 4.33. The first-order chi connectivity index (χ1) is 14.1. The van der Waals surface area contributed by atoms with E-state index >= 15 is 0 Å². The maximum Gasteiger partial charge on any atom is 0.252 e. The number of nitrogens with one attached hydrogen (secondary N) is 2. The maximum atomic E-state index is 12.7. The fourth-order valence-electron chi connectivity index (χ4n) is 2.80. The maximum absolute atomic E-state index is 12.7. The summed E-state index contributed by atoms with van der Waals surface area (Å²) in [6.45, 7) is 0.582. The van der Waals surface area contributed by atoms with Crippen molar-refractivity contribution in [3.05, 3.63) is 101 Å². The van der Waals surface area contributed by atoms with Gasteiger partial charge < -0.3 is 10.6 Å². The molecule has 6 heteroatoms. The quantitative estimate of drug-likeness (QED) is 0.582. The highest BCUT2D eigenvalue weighted by Gasteiger charge is 2.17. The topological polar surface area (TPSA) is 88.2 Å². The van der Waals surface area contributed by atoms with E-state index in [1.807, 2.05) is 18.2 Å². The zero-order valence-corrected chi connectivity index (χ0v) is 15.8. The molecule has 2 aromatic carbocycles. The lowest BCUT2D eigenvalue weighted by Gasteiger charge is -2.10. The van der Waals surface area contributed by atoms with Gasteiger partial charge in [0.2, 0.25) is 5.91 Å². The third-order valence-corrected chi connectivity index (χ3v) is 4.33. The molecule has 2 amide bonds. The minimum absolute atomic E-state index is 0.144. The minimum atomic E-state index is -0.383. The van der Waals surface area contributed by atoms with Crippen molar-refractivity contribution in [2.45, 2.75) is 13.0 Å². The van der Waals surface area contributed by atoms with Gasteiger partial charge >= 0.3 is 0 Å².